The first-order valence-corrected chi connectivity index (χ1v) is 12.5. The summed E-state index contributed by atoms with van der Waals surface area (Å²) >= 11 is 1.51. The van der Waals surface area contributed by atoms with E-state index in [1.165, 1.54) is 24.9 Å². The topological polar surface area (TPSA) is 84.9 Å². The standard InChI is InChI=1S/C25H27FN2O5S/c1-4-33-16-11-9-15(10-12-16)28-22(29)19-20(23(28)30)25(13-14-34-3,24(31)32-2)27-21(19)17-7-5-6-8-18(17)26/h5-12,19-21,27H,4,13-14H2,1-3H3/t19-,20+,21-,25+/m0/s1. The highest BCUT2D eigenvalue weighted by Gasteiger charge is 2.68. The van der Waals surface area contributed by atoms with Crippen LogP contribution in [-0.4, -0.2) is 49.0 Å². The number of nitrogens with zero attached hydrogens (tertiary/aromatic N) is 1. The summed E-state index contributed by atoms with van der Waals surface area (Å²) in [6.45, 7) is 2.34. The van der Waals surface area contributed by atoms with Crippen LogP contribution in [0.5, 0.6) is 5.75 Å². The number of anilines is 1. The molecule has 0 aliphatic carbocycles. The van der Waals surface area contributed by atoms with Crippen molar-refractivity contribution in [3.63, 3.8) is 0 Å². The number of ether oxygens (including phenoxy) is 2. The lowest BCUT2D eigenvalue weighted by Gasteiger charge is -2.32. The molecule has 180 valence electrons. The first-order chi connectivity index (χ1) is 16.4. The van der Waals surface area contributed by atoms with Gasteiger partial charge in [0.15, 0.2) is 0 Å². The maximum Gasteiger partial charge on any atom is 0.326 e. The summed E-state index contributed by atoms with van der Waals surface area (Å²) in [4.78, 5) is 41.8. The molecule has 2 amide bonds. The van der Waals surface area contributed by atoms with Gasteiger partial charge >= 0.3 is 5.97 Å². The van der Waals surface area contributed by atoms with Gasteiger partial charge in [-0.3, -0.25) is 19.7 Å². The minimum absolute atomic E-state index is 0.238. The summed E-state index contributed by atoms with van der Waals surface area (Å²) in [5.74, 6) is -2.96. The minimum Gasteiger partial charge on any atom is -0.494 e. The van der Waals surface area contributed by atoms with Crippen molar-refractivity contribution in [1.29, 1.82) is 0 Å². The van der Waals surface area contributed by atoms with E-state index in [-0.39, 0.29) is 12.0 Å². The molecule has 0 unspecified atom stereocenters. The van der Waals surface area contributed by atoms with E-state index in [1.54, 1.807) is 42.5 Å². The Morgan fingerprint density at radius 1 is 1.15 bits per heavy atom. The number of fused-ring (bicyclic) bond motifs is 1. The zero-order valence-corrected chi connectivity index (χ0v) is 20.1. The van der Waals surface area contributed by atoms with Crippen LogP contribution in [-0.2, 0) is 19.1 Å². The predicted octanol–water partition coefficient (Wildman–Crippen LogP) is 3.34. The molecule has 2 aromatic carbocycles. The van der Waals surface area contributed by atoms with Crippen LogP contribution < -0.4 is 15.0 Å². The molecule has 7 nitrogen and oxygen atoms in total. The number of thioether (sulfide) groups is 1. The molecular weight excluding hydrogens is 459 g/mol. The van der Waals surface area contributed by atoms with Gasteiger partial charge in [0.05, 0.1) is 31.2 Å². The Kier molecular flexibility index (Phi) is 6.95. The molecule has 2 aliphatic rings. The first kappa shape index (κ1) is 24.2. The smallest absolute Gasteiger partial charge is 0.326 e. The third-order valence-corrected chi connectivity index (χ3v) is 7.16. The molecule has 2 saturated heterocycles. The zero-order valence-electron chi connectivity index (χ0n) is 19.2. The molecule has 2 aliphatic heterocycles. The third-order valence-electron chi connectivity index (χ3n) is 6.55. The fourth-order valence-electron chi connectivity index (χ4n) is 5.07. The number of methoxy groups -OCH3 is 1. The number of hydrogen-bond acceptors (Lipinski definition) is 7. The van der Waals surface area contributed by atoms with E-state index < -0.39 is 47.0 Å². The number of nitrogens with one attached hydrogen (secondary N) is 1. The largest absolute Gasteiger partial charge is 0.494 e. The van der Waals surface area contributed by atoms with Crippen LogP contribution in [0.4, 0.5) is 10.1 Å². The van der Waals surface area contributed by atoms with Gasteiger partial charge in [0, 0.05) is 11.6 Å². The molecule has 0 radical (unpaired) electrons. The molecule has 2 aromatic rings. The molecule has 4 atom stereocenters. The molecule has 9 heteroatoms. The Labute approximate surface area is 202 Å². The highest BCUT2D eigenvalue weighted by atomic mass is 32.2. The average Bonchev–Trinajstić information content (AvgIpc) is 3.32. The molecule has 4 rings (SSSR count). The van der Waals surface area contributed by atoms with E-state index in [1.807, 2.05) is 13.2 Å². The Morgan fingerprint density at radius 2 is 1.85 bits per heavy atom. The second-order valence-corrected chi connectivity index (χ2v) is 9.28. The number of hydrogen-bond donors (Lipinski definition) is 1. The summed E-state index contributed by atoms with van der Waals surface area (Å²) in [6, 6.07) is 11.9. The highest BCUT2D eigenvalue weighted by molar-refractivity contribution is 7.98. The lowest BCUT2D eigenvalue weighted by Crippen LogP contribution is -2.56. The molecule has 0 spiro atoms. The molecule has 0 bridgehead atoms. The van der Waals surface area contributed by atoms with Crippen molar-refractivity contribution in [2.75, 3.05) is 30.6 Å². The highest BCUT2D eigenvalue weighted by Crippen LogP contribution is 2.51. The van der Waals surface area contributed by atoms with E-state index >= 15 is 0 Å². The molecule has 1 N–H and O–H groups in total. The molecular formula is C25H27FN2O5S. The monoisotopic (exact) mass is 486 g/mol. The molecule has 34 heavy (non-hydrogen) atoms. The van der Waals surface area contributed by atoms with Gasteiger partial charge in [-0.2, -0.15) is 11.8 Å². The fourth-order valence-corrected chi connectivity index (χ4v) is 5.60. The Morgan fingerprint density at radius 3 is 2.47 bits per heavy atom. The fraction of sp³-hybridized carbons (Fsp3) is 0.400. The van der Waals surface area contributed by atoms with Crippen LogP contribution in [0.25, 0.3) is 0 Å². The van der Waals surface area contributed by atoms with Crippen LogP contribution in [0.15, 0.2) is 48.5 Å². The number of halogens is 1. The van der Waals surface area contributed by atoms with Gasteiger partial charge in [-0.1, -0.05) is 18.2 Å². The van der Waals surface area contributed by atoms with Crippen molar-refractivity contribution >= 4 is 35.2 Å². The summed E-state index contributed by atoms with van der Waals surface area (Å²) in [5, 5.41) is 3.19. The Bertz CT molecular complexity index is 1090. The van der Waals surface area contributed by atoms with Crippen molar-refractivity contribution in [1.82, 2.24) is 5.32 Å². The van der Waals surface area contributed by atoms with E-state index in [9.17, 15) is 18.8 Å². The van der Waals surface area contributed by atoms with Gasteiger partial charge in [-0.15, -0.1) is 0 Å². The number of carbonyl (C=O) groups is 3. The number of esters is 1. The second kappa shape index (κ2) is 9.76. The van der Waals surface area contributed by atoms with E-state index in [0.717, 1.165) is 4.90 Å². The van der Waals surface area contributed by atoms with Crippen molar-refractivity contribution in [3.05, 3.63) is 59.9 Å². The van der Waals surface area contributed by atoms with Crippen molar-refractivity contribution in [2.24, 2.45) is 11.8 Å². The van der Waals surface area contributed by atoms with Crippen LogP contribution in [0, 0.1) is 17.7 Å². The third kappa shape index (κ3) is 3.86. The molecule has 0 saturated carbocycles. The van der Waals surface area contributed by atoms with E-state index in [4.69, 9.17) is 9.47 Å². The zero-order chi connectivity index (χ0) is 24.5. The summed E-state index contributed by atoms with van der Waals surface area (Å²) < 4.78 is 25.4. The second-order valence-electron chi connectivity index (χ2n) is 8.29. The van der Waals surface area contributed by atoms with Crippen LogP contribution in [0.3, 0.4) is 0 Å². The lowest BCUT2D eigenvalue weighted by molar-refractivity contribution is -0.152. The van der Waals surface area contributed by atoms with Gasteiger partial charge in [0.2, 0.25) is 11.8 Å². The number of imide groups is 1. The molecule has 2 heterocycles. The lowest BCUT2D eigenvalue weighted by atomic mass is 9.78. The van der Waals surface area contributed by atoms with E-state index in [2.05, 4.69) is 5.32 Å². The van der Waals surface area contributed by atoms with Crippen LogP contribution >= 0.6 is 11.8 Å². The van der Waals surface area contributed by atoms with Gasteiger partial charge in [-0.05, 0) is 55.7 Å². The van der Waals surface area contributed by atoms with Gasteiger partial charge in [0.1, 0.15) is 17.1 Å². The van der Waals surface area contributed by atoms with Gasteiger partial charge in [0.25, 0.3) is 0 Å². The van der Waals surface area contributed by atoms with Crippen molar-refractivity contribution in [2.45, 2.75) is 24.9 Å². The molecule has 0 aromatic heterocycles. The summed E-state index contributed by atoms with van der Waals surface area (Å²) in [7, 11) is 1.25. The number of rotatable bonds is 8. The number of benzene rings is 2. The quantitative estimate of drug-likeness (QED) is 0.453. The summed E-state index contributed by atoms with van der Waals surface area (Å²) in [5.41, 5.74) is -0.840. The van der Waals surface area contributed by atoms with Gasteiger partial charge < -0.3 is 9.47 Å². The van der Waals surface area contributed by atoms with Crippen molar-refractivity contribution in [3.8, 4) is 5.75 Å². The molecule has 2 fully saturated rings. The number of carbonyl (C=O) groups excluding carboxylic acids is 3. The predicted molar refractivity (Wildman–Crippen MR) is 127 cm³/mol. The average molecular weight is 487 g/mol. The van der Waals surface area contributed by atoms with E-state index in [0.29, 0.717) is 23.8 Å². The first-order valence-electron chi connectivity index (χ1n) is 11.1. The normalized spacial score (nSPS) is 26.0. The Hall–Kier alpha value is -2.91. The van der Waals surface area contributed by atoms with Crippen molar-refractivity contribution < 1.29 is 28.2 Å². The van der Waals surface area contributed by atoms with Crippen LogP contribution in [0.2, 0.25) is 0 Å². The maximum absolute atomic E-state index is 14.9. The van der Waals surface area contributed by atoms with Gasteiger partial charge in [-0.25, -0.2) is 9.29 Å². The van der Waals surface area contributed by atoms with Crippen LogP contribution in [0.1, 0.15) is 24.9 Å². The Balaban J connectivity index is 1.83. The number of amides is 2. The SMILES string of the molecule is CCOc1ccc(N2C(=O)[C@@H]3[C@H](c4ccccc4F)N[C@@](CCSC)(C(=O)OC)[C@H]3C2=O)cc1. The maximum atomic E-state index is 14.9. The summed E-state index contributed by atoms with van der Waals surface area (Å²) in [6.07, 6.45) is 2.14. The minimum atomic E-state index is -1.46.